The summed E-state index contributed by atoms with van der Waals surface area (Å²) in [5.74, 6) is 2.09. The Hall–Kier alpha value is -1.29. The molecule has 4 heteroatoms. The Morgan fingerprint density at radius 3 is 2.53 bits per heavy atom. The van der Waals surface area contributed by atoms with Gasteiger partial charge in [-0.25, -0.2) is 0 Å². The van der Waals surface area contributed by atoms with E-state index in [1.165, 1.54) is 5.56 Å². The number of benzene rings is 1. The first-order valence-corrected chi connectivity index (χ1v) is 6.19. The standard InChI is InChI=1S/C13H17NO2S/c1-8(9(2)13(14)17)10-3-4-11-12(7-10)16-6-5-15-11/h3-4,7-9H,5-6H2,1-2H3,(H2,14,17). The molecule has 17 heavy (non-hydrogen) atoms. The second kappa shape index (κ2) is 4.92. The first kappa shape index (κ1) is 12.2. The first-order chi connectivity index (χ1) is 8.09. The van der Waals surface area contributed by atoms with E-state index in [0.29, 0.717) is 18.2 Å². The Bertz CT molecular complexity index is 433. The fourth-order valence-electron chi connectivity index (χ4n) is 1.88. The predicted molar refractivity (Wildman–Crippen MR) is 71.8 cm³/mol. The van der Waals surface area contributed by atoms with Gasteiger partial charge in [-0.2, -0.15) is 0 Å². The number of fused-ring (bicyclic) bond motifs is 1. The molecule has 0 saturated heterocycles. The van der Waals surface area contributed by atoms with E-state index >= 15 is 0 Å². The van der Waals surface area contributed by atoms with Crippen LogP contribution < -0.4 is 15.2 Å². The van der Waals surface area contributed by atoms with Crippen molar-refractivity contribution in [3.63, 3.8) is 0 Å². The van der Waals surface area contributed by atoms with Crippen LogP contribution in [0.15, 0.2) is 18.2 Å². The van der Waals surface area contributed by atoms with E-state index in [0.717, 1.165) is 11.5 Å². The largest absolute Gasteiger partial charge is 0.486 e. The lowest BCUT2D eigenvalue weighted by molar-refractivity contribution is 0.171. The lowest BCUT2D eigenvalue weighted by Crippen LogP contribution is -2.23. The van der Waals surface area contributed by atoms with Crippen molar-refractivity contribution >= 4 is 17.2 Å². The van der Waals surface area contributed by atoms with Crippen LogP contribution in [0.25, 0.3) is 0 Å². The third-order valence-corrected chi connectivity index (χ3v) is 3.66. The van der Waals surface area contributed by atoms with Crippen LogP contribution in [0, 0.1) is 5.92 Å². The quantitative estimate of drug-likeness (QED) is 0.838. The van der Waals surface area contributed by atoms with E-state index in [9.17, 15) is 0 Å². The van der Waals surface area contributed by atoms with Crippen molar-refractivity contribution in [2.45, 2.75) is 19.8 Å². The zero-order valence-electron chi connectivity index (χ0n) is 10.1. The summed E-state index contributed by atoms with van der Waals surface area (Å²) in [6.45, 7) is 5.39. The summed E-state index contributed by atoms with van der Waals surface area (Å²) < 4.78 is 11.1. The minimum absolute atomic E-state index is 0.174. The van der Waals surface area contributed by atoms with E-state index in [1.54, 1.807) is 0 Å². The summed E-state index contributed by atoms with van der Waals surface area (Å²) in [5, 5.41) is 0. The normalized spacial score (nSPS) is 17.3. The summed E-state index contributed by atoms with van der Waals surface area (Å²) in [6, 6.07) is 6.02. The van der Waals surface area contributed by atoms with Gasteiger partial charge in [0.25, 0.3) is 0 Å². The highest BCUT2D eigenvalue weighted by Gasteiger charge is 2.19. The fraction of sp³-hybridized carbons (Fsp3) is 0.462. The Kier molecular flexibility index (Phi) is 3.52. The van der Waals surface area contributed by atoms with Crippen molar-refractivity contribution < 1.29 is 9.47 Å². The Morgan fingerprint density at radius 2 is 1.88 bits per heavy atom. The number of hydrogen-bond donors (Lipinski definition) is 1. The van der Waals surface area contributed by atoms with Gasteiger partial charge in [0.15, 0.2) is 11.5 Å². The van der Waals surface area contributed by atoms with Crippen LogP contribution >= 0.6 is 12.2 Å². The van der Waals surface area contributed by atoms with Crippen LogP contribution in [0.5, 0.6) is 11.5 Å². The van der Waals surface area contributed by atoms with E-state index in [4.69, 9.17) is 27.4 Å². The maximum absolute atomic E-state index is 5.69. The molecule has 0 bridgehead atoms. The van der Waals surface area contributed by atoms with Crippen LogP contribution in [-0.4, -0.2) is 18.2 Å². The lowest BCUT2D eigenvalue weighted by Gasteiger charge is -2.23. The van der Waals surface area contributed by atoms with Gasteiger partial charge in [-0.1, -0.05) is 32.1 Å². The number of ether oxygens (including phenoxy) is 2. The molecule has 1 aromatic rings. The van der Waals surface area contributed by atoms with Crippen molar-refractivity contribution in [3.8, 4) is 11.5 Å². The molecule has 1 aromatic carbocycles. The molecule has 0 radical (unpaired) electrons. The summed E-state index contributed by atoms with van der Waals surface area (Å²) in [4.78, 5) is 0.549. The molecule has 2 N–H and O–H groups in total. The monoisotopic (exact) mass is 251 g/mol. The van der Waals surface area contributed by atoms with E-state index in [1.807, 2.05) is 25.1 Å². The van der Waals surface area contributed by atoms with Gasteiger partial charge in [-0.15, -0.1) is 0 Å². The molecule has 1 aliphatic rings. The molecule has 3 nitrogen and oxygen atoms in total. The summed E-state index contributed by atoms with van der Waals surface area (Å²) in [5.41, 5.74) is 6.86. The van der Waals surface area contributed by atoms with Crippen molar-refractivity contribution in [3.05, 3.63) is 23.8 Å². The summed E-state index contributed by atoms with van der Waals surface area (Å²) >= 11 is 5.04. The minimum atomic E-state index is 0.174. The molecule has 2 rings (SSSR count). The highest BCUT2D eigenvalue weighted by Crippen LogP contribution is 2.35. The third kappa shape index (κ3) is 2.52. The molecule has 1 heterocycles. The maximum Gasteiger partial charge on any atom is 0.161 e. The maximum atomic E-state index is 5.69. The Morgan fingerprint density at radius 1 is 1.24 bits per heavy atom. The predicted octanol–water partition coefficient (Wildman–Crippen LogP) is 2.48. The number of nitrogens with two attached hydrogens (primary N) is 1. The molecular weight excluding hydrogens is 234 g/mol. The Balaban J connectivity index is 2.24. The molecule has 92 valence electrons. The van der Waals surface area contributed by atoms with Crippen molar-refractivity contribution in [2.75, 3.05) is 13.2 Å². The van der Waals surface area contributed by atoms with Crippen LogP contribution in [0.4, 0.5) is 0 Å². The van der Waals surface area contributed by atoms with E-state index in [2.05, 4.69) is 6.92 Å². The molecule has 1 aliphatic heterocycles. The second-order valence-corrected chi connectivity index (χ2v) is 4.85. The molecule has 0 fully saturated rings. The van der Waals surface area contributed by atoms with Gasteiger partial charge in [0, 0.05) is 5.92 Å². The third-order valence-electron chi connectivity index (χ3n) is 3.29. The average Bonchev–Trinajstić information content (AvgIpc) is 2.36. The van der Waals surface area contributed by atoms with Gasteiger partial charge >= 0.3 is 0 Å². The highest BCUT2D eigenvalue weighted by atomic mass is 32.1. The molecule has 0 amide bonds. The molecule has 0 saturated carbocycles. The number of thiocarbonyl (C=S) groups is 1. The van der Waals surface area contributed by atoms with E-state index < -0.39 is 0 Å². The van der Waals surface area contributed by atoms with Gasteiger partial charge in [0.05, 0.1) is 4.99 Å². The average molecular weight is 251 g/mol. The lowest BCUT2D eigenvalue weighted by atomic mass is 9.89. The van der Waals surface area contributed by atoms with Crippen molar-refractivity contribution in [1.82, 2.24) is 0 Å². The molecule has 2 atom stereocenters. The van der Waals surface area contributed by atoms with Gasteiger partial charge in [-0.05, 0) is 23.6 Å². The van der Waals surface area contributed by atoms with Gasteiger partial charge in [-0.3, -0.25) is 0 Å². The van der Waals surface area contributed by atoms with Crippen LogP contribution in [0.2, 0.25) is 0 Å². The number of hydrogen-bond acceptors (Lipinski definition) is 3. The van der Waals surface area contributed by atoms with Gasteiger partial charge < -0.3 is 15.2 Å². The highest BCUT2D eigenvalue weighted by molar-refractivity contribution is 7.80. The summed E-state index contributed by atoms with van der Waals surface area (Å²) in [6.07, 6.45) is 0. The van der Waals surface area contributed by atoms with Crippen LogP contribution in [-0.2, 0) is 0 Å². The van der Waals surface area contributed by atoms with Gasteiger partial charge in [0.1, 0.15) is 13.2 Å². The van der Waals surface area contributed by atoms with Crippen molar-refractivity contribution in [1.29, 1.82) is 0 Å². The number of rotatable bonds is 3. The summed E-state index contributed by atoms with van der Waals surface area (Å²) in [7, 11) is 0. The smallest absolute Gasteiger partial charge is 0.161 e. The minimum Gasteiger partial charge on any atom is -0.486 e. The van der Waals surface area contributed by atoms with E-state index in [-0.39, 0.29) is 11.8 Å². The zero-order chi connectivity index (χ0) is 12.4. The van der Waals surface area contributed by atoms with Crippen molar-refractivity contribution in [2.24, 2.45) is 11.7 Å². The first-order valence-electron chi connectivity index (χ1n) is 5.78. The zero-order valence-corrected chi connectivity index (χ0v) is 10.9. The second-order valence-electron chi connectivity index (χ2n) is 4.38. The molecule has 0 spiro atoms. The Labute approximate surface area is 107 Å². The molecular formula is C13H17NO2S. The molecule has 0 aromatic heterocycles. The van der Waals surface area contributed by atoms with Gasteiger partial charge in [0.2, 0.25) is 0 Å². The molecule has 2 unspecified atom stereocenters. The van der Waals surface area contributed by atoms with Crippen LogP contribution in [0.1, 0.15) is 25.3 Å². The molecule has 0 aliphatic carbocycles. The van der Waals surface area contributed by atoms with Crippen LogP contribution in [0.3, 0.4) is 0 Å². The topological polar surface area (TPSA) is 44.5 Å². The fourth-order valence-corrected chi connectivity index (χ4v) is 2.08. The SMILES string of the molecule is CC(C(N)=S)C(C)c1ccc2c(c1)OCCO2.